The smallest absolute Gasteiger partial charge is 0.229 e. The van der Waals surface area contributed by atoms with Gasteiger partial charge in [0.2, 0.25) is 5.91 Å². The van der Waals surface area contributed by atoms with E-state index in [-0.39, 0.29) is 11.8 Å². The van der Waals surface area contributed by atoms with E-state index in [4.69, 9.17) is 9.15 Å². The summed E-state index contributed by atoms with van der Waals surface area (Å²) in [7, 11) is 0. The molecule has 0 saturated carbocycles. The molecule has 3 fully saturated rings. The summed E-state index contributed by atoms with van der Waals surface area (Å²) >= 11 is 0. The van der Waals surface area contributed by atoms with Crippen molar-refractivity contribution in [2.75, 3.05) is 13.1 Å². The summed E-state index contributed by atoms with van der Waals surface area (Å²) in [5.74, 6) is 2.29. The van der Waals surface area contributed by atoms with E-state index >= 15 is 0 Å². The highest BCUT2D eigenvalue weighted by Crippen LogP contribution is 2.27. The van der Waals surface area contributed by atoms with Crippen LogP contribution in [0.3, 0.4) is 0 Å². The van der Waals surface area contributed by atoms with Gasteiger partial charge in [0.15, 0.2) is 0 Å². The van der Waals surface area contributed by atoms with Crippen molar-refractivity contribution in [3.05, 3.63) is 66.4 Å². The van der Waals surface area contributed by atoms with Crippen LogP contribution in [0.2, 0.25) is 0 Å². The molecule has 162 valence electrons. The second kappa shape index (κ2) is 8.93. The number of carbonyl (C=O) groups is 1. The molecule has 2 N–H and O–H groups in total. The number of aromatic nitrogens is 3. The maximum absolute atomic E-state index is 12.7. The number of piperidine rings is 3. The fourth-order valence-electron chi connectivity index (χ4n) is 4.93. The summed E-state index contributed by atoms with van der Waals surface area (Å²) < 4.78 is 13.0. The molecule has 0 radical (unpaired) electrons. The topological polar surface area (TPSA) is 86.6 Å². The Morgan fingerprint density at radius 3 is 2.94 bits per heavy atom. The molecule has 1 amide bonds. The van der Waals surface area contributed by atoms with Crippen molar-refractivity contribution in [1.29, 1.82) is 0 Å². The highest BCUT2D eigenvalue weighted by atomic mass is 16.5. The van der Waals surface area contributed by atoms with Crippen LogP contribution in [0.15, 0.2) is 59.3 Å². The standard InChI is InChI=1S/C23H27N5O3/c29-23(24-12-21-7-4-10-30-21)22-15-27-9-8-17(22)11-19(27)14-28-13-18(25-26-28)16-31-20-5-2-1-3-6-20/h1-7,10,13,17,19,22H,8-9,11-12,14-16H2,(H,24,29)/p+1/t17-,19-,22+/m1/s1. The molecule has 3 aromatic rings. The molecule has 8 nitrogen and oxygen atoms in total. The number of benzene rings is 1. The highest BCUT2D eigenvalue weighted by molar-refractivity contribution is 5.79. The third-order valence-electron chi connectivity index (χ3n) is 6.53. The molecular weight excluding hydrogens is 394 g/mol. The molecule has 5 heterocycles. The van der Waals surface area contributed by atoms with Gasteiger partial charge in [-0.15, -0.1) is 5.10 Å². The van der Waals surface area contributed by atoms with E-state index in [2.05, 4.69) is 15.6 Å². The minimum Gasteiger partial charge on any atom is -0.487 e. The van der Waals surface area contributed by atoms with Gasteiger partial charge in [0.1, 0.15) is 29.9 Å². The zero-order valence-electron chi connectivity index (χ0n) is 17.4. The van der Waals surface area contributed by atoms with E-state index in [0.29, 0.717) is 25.1 Å². The van der Waals surface area contributed by atoms with E-state index in [1.54, 1.807) is 6.26 Å². The zero-order chi connectivity index (χ0) is 21.0. The first-order valence-corrected chi connectivity index (χ1v) is 11.0. The van der Waals surface area contributed by atoms with Crippen molar-refractivity contribution >= 4 is 5.91 Å². The SMILES string of the molecule is O=C(NCc1ccco1)[C@H]1C[NH+]2CC[C@@H]1C[C@@H]2Cn1cc(COc2ccccc2)nn1. The molecule has 0 aliphatic carbocycles. The maximum Gasteiger partial charge on any atom is 0.229 e. The Kier molecular flexibility index (Phi) is 5.71. The van der Waals surface area contributed by atoms with Crippen LogP contribution in [0, 0.1) is 11.8 Å². The maximum atomic E-state index is 12.7. The molecule has 8 heteroatoms. The van der Waals surface area contributed by atoms with Crippen LogP contribution in [0.1, 0.15) is 24.3 Å². The summed E-state index contributed by atoms with van der Waals surface area (Å²) in [6, 6.07) is 13.9. The number of fused-ring (bicyclic) bond motifs is 3. The van der Waals surface area contributed by atoms with Crippen molar-refractivity contribution < 1.29 is 18.8 Å². The van der Waals surface area contributed by atoms with Crippen LogP contribution in [-0.4, -0.2) is 40.0 Å². The van der Waals surface area contributed by atoms with Crippen LogP contribution in [0.4, 0.5) is 0 Å². The summed E-state index contributed by atoms with van der Waals surface area (Å²) in [5.41, 5.74) is 0.824. The largest absolute Gasteiger partial charge is 0.487 e. The first-order chi connectivity index (χ1) is 15.2. The molecular formula is C23H28N5O3+. The van der Waals surface area contributed by atoms with E-state index in [1.165, 1.54) is 4.90 Å². The van der Waals surface area contributed by atoms with Crippen LogP contribution in [0.25, 0.3) is 0 Å². The highest BCUT2D eigenvalue weighted by Gasteiger charge is 2.46. The molecule has 0 spiro atoms. The first kappa shape index (κ1) is 19.8. The van der Waals surface area contributed by atoms with Gasteiger partial charge < -0.3 is 19.4 Å². The van der Waals surface area contributed by atoms with Crippen molar-refractivity contribution in [2.45, 2.75) is 38.6 Å². The molecule has 3 aliphatic heterocycles. The lowest BCUT2D eigenvalue weighted by molar-refractivity contribution is -0.945. The number of carbonyl (C=O) groups excluding carboxylic acids is 1. The van der Waals surface area contributed by atoms with Gasteiger partial charge in [-0.05, 0) is 30.2 Å². The number of hydrogen-bond donors (Lipinski definition) is 2. The number of quaternary nitrogens is 1. The van der Waals surface area contributed by atoms with Gasteiger partial charge in [0.05, 0.1) is 44.6 Å². The average molecular weight is 423 g/mol. The minimum absolute atomic E-state index is 0.0838. The fourth-order valence-corrected chi connectivity index (χ4v) is 4.93. The zero-order valence-corrected chi connectivity index (χ0v) is 17.4. The quantitative estimate of drug-likeness (QED) is 0.567. The van der Waals surface area contributed by atoms with Crippen LogP contribution in [-0.2, 0) is 24.5 Å². The van der Waals surface area contributed by atoms with Crippen LogP contribution >= 0.6 is 0 Å². The van der Waals surface area contributed by atoms with E-state index in [9.17, 15) is 4.79 Å². The number of nitrogens with one attached hydrogen (secondary N) is 2. The second-order valence-corrected chi connectivity index (χ2v) is 8.53. The van der Waals surface area contributed by atoms with E-state index < -0.39 is 0 Å². The number of hydrogen-bond acceptors (Lipinski definition) is 5. The number of nitrogens with zero attached hydrogens (tertiary/aromatic N) is 3. The Hall–Kier alpha value is -3.13. The Labute approximate surface area is 181 Å². The van der Waals surface area contributed by atoms with Gasteiger partial charge in [-0.2, -0.15) is 0 Å². The molecule has 1 aromatic carbocycles. The Bertz CT molecular complexity index is 988. The van der Waals surface area contributed by atoms with Crippen molar-refractivity contribution in [3.8, 4) is 5.75 Å². The van der Waals surface area contributed by atoms with Gasteiger partial charge in [-0.25, -0.2) is 4.68 Å². The fraction of sp³-hybridized carbons (Fsp3) is 0.435. The summed E-state index contributed by atoms with van der Waals surface area (Å²) in [6.07, 6.45) is 5.76. The lowest BCUT2D eigenvalue weighted by atomic mass is 9.75. The third kappa shape index (κ3) is 4.64. The molecule has 31 heavy (non-hydrogen) atoms. The Morgan fingerprint density at radius 1 is 1.26 bits per heavy atom. The Morgan fingerprint density at radius 2 is 2.16 bits per heavy atom. The van der Waals surface area contributed by atoms with Gasteiger partial charge in [-0.1, -0.05) is 23.4 Å². The van der Waals surface area contributed by atoms with Crippen molar-refractivity contribution in [3.63, 3.8) is 0 Å². The molecule has 2 bridgehead atoms. The number of rotatable bonds is 8. The number of furan rings is 1. The van der Waals surface area contributed by atoms with Gasteiger partial charge in [-0.3, -0.25) is 4.79 Å². The van der Waals surface area contributed by atoms with E-state index in [0.717, 1.165) is 49.7 Å². The summed E-state index contributed by atoms with van der Waals surface area (Å²) in [4.78, 5) is 14.2. The molecule has 4 atom stereocenters. The monoisotopic (exact) mass is 422 g/mol. The number of amides is 1. The van der Waals surface area contributed by atoms with Crippen LogP contribution < -0.4 is 15.0 Å². The van der Waals surface area contributed by atoms with Gasteiger partial charge >= 0.3 is 0 Å². The lowest BCUT2D eigenvalue weighted by Crippen LogP contribution is -3.20. The van der Waals surface area contributed by atoms with Gasteiger partial charge in [0, 0.05) is 12.8 Å². The van der Waals surface area contributed by atoms with Crippen molar-refractivity contribution in [2.24, 2.45) is 11.8 Å². The molecule has 1 unspecified atom stereocenters. The molecule has 6 rings (SSSR count). The second-order valence-electron chi connectivity index (χ2n) is 8.53. The number of ether oxygens (including phenoxy) is 1. The van der Waals surface area contributed by atoms with Crippen molar-refractivity contribution in [1.82, 2.24) is 20.3 Å². The molecule has 3 saturated heterocycles. The predicted molar refractivity (Wildman–Crippen MR) is 112 cm³/mol. The average Bonchev–Trinajstić information content (AvgIpc) is 3.49. The first-order valence-electron chi connectivity index (χ1n) is 11.0. The Balaban J connectivity index is 1.13. The third-order valence-corrected chi connectivity index (χ3v) is 6.53. The van der Waals surface area contributed by atoms with E-state index in [1.807, 2.05) is 53.3 Å². The normalized spacial score (nSPS) is 24.8. The molecule has 2 aromatic heterocycles. The lowest BCUT2D eigenvalue weighted by Gasteiger charge is -2.46. The summed E-state index contributed by atoms with van der Waals surface area (Å²) in [6.45, 7) is 3.70. The summed E-state index contributed by atoms with van der Waals surface area (Å²) in [5, 5.41) is 11.6. The minimum atomic E-state index is 0.0838. The predicted octanol–water partition coefficient (Wildman–Crippen LogP) is 1.06. The molecule has 3 aliphatic rings. The van der Waals surface area contributed by atoms with Crippen LogP contribution in [0.5, 0.6) is 5.75 Å². The number of para-hydroxylation sites is 1. The van der Waals surface area contributed by atoms with Gasteiger partial charge in [0.25, 0.3) is 0 Å².